The van der Waals surface area contributed by atoms with Crippen LogP contribution in [0.1, 0.15) is 33.3 Å². The van der Waals surface area contributed by atoms with E-state index in [4.69, 9.17) is 9.47 Å². The number of ether oxygens (including phenoxy) is 2. The Morgan fingerprint density at radius 3 is 2.55 bits per heavy atom. The van der Waals surface area contributed by atoms with E-state index in [-0.39, 0.29) is 36.4 Å². The van der Waals surface area contributed by atoms with Crippen LogP contribution < -0.4 is 4.74 Å². The Bertz CT molecular complexity index is 1020. The second-order valence-corrected chi connectivity index (χ2v) is 5.73. The summed E-state index contributed by atoms with van der Waals surface area (Å²) in [4.78, 5) is 25.4. The Hall–Kier alpha value is -3.88. The monoisotopic (exact) mass is 396 g/mol. The van der Waals surface area contributed by atoms with Gasteiger partial charge in [-0.1, -0.05) is 47.3 Å². The zero-order valence-corrected chi connectivity index (χ0v) is 15.5. The van der Waals surface area contributed by atoms with E-state index in [1.807, 2.05) is 0 Å². The maximum Gasteiger partial charge on any atom is 0.364 e. The van der Waals surface area contributed by atoms with Gasteiger partial charge in [-0.15, -0.1) is 5.10 Å². The standard InChI is InChI=1S/C20H17FN4O4/c1-2-28-20(27)18-19(29-13-17(26)15-6-4-3-5-7-15)25(24-23-18)22-12-14-8-10-16(21)11-9-14/h3-12H,2,13H2,1H3/b22-12+. The Kier molecular flexibility index (Phi) is 6.41. The number of hydrogen-bond donors (Lipinski definition) is 0. The lowest BCUT2D eigenvalue weighted by atomic mass is 10.1. The largest absolute Gasteiger partial charge is 0.466 e. The lowest BCUT2D eigenvalue weighted by Gasteiger charge is -2.06. The van der Waals surface area contributed by atoms with Gasteiger partial charge in [0.15, 0.2) is 12.4 Å². The van der Waals surface area contributed by atoms with Gasteiger partial charge in [0.1, 0.15) is 5.82 Å². The molecule has 0 fully saturated rings. The van der Waals surface area contributed by atoms with Crippen molar-refractivity contribution in [1.29, 1.82) is 0 Å². The fourth-order valence-electron chi connectivity index (χ4n) is 2.31. The summed E-state index contributed by atoms with van der Waals surface area (Å²) in [5, 5.41) is 11.6. The summed E-state index contributed by atoms with van der Waals surface area (Å²) in [6, 6.07) is 14.2. The molecule has 0 saturated heterocycles. The summed E-state index contributed by atoms with van der Waals surface area (Å²) in [6.45, 7) is 1.43. The summed E-state index contributed by atoms with van der Waals surface area (Å²) >= 11 is 0. The Morgan fingerprint density at radius 1 is 1.14 bits per heavy atom. The molecule has 0 amide bonds. The number of rotatable bonds is 8. The highest BCUT2D eigenvalue weighted by Gasteiger charge is 2.23. The zero-order valence-electron chi connectivity index (χ0n) is 15.5. The minimum absolute atomic E-state index is 0.132. The molecule has 0 aliphatic rings. The van der Waals surface area contributed by atoms with Gasteiger partial charge in [-0.3, -0.25) is 4.79 Å². The van der Waals surface area contributed by atoms with Gasteiger partial charge < -0.3 is 9.47 Å². The van der Waals surface area contributed by atoms with Crippen LogP contribution in [-0.2, 0) is 4.74 Å². The molecule has 0 N–H and O–H groups in total. The van der Waals surface area contributed by atoms with Crippen molar-refractivity contribution in [3.63, 3.8) is 0 Å². The number of benzene rings is 2. The van der Waals surface area contributed by atoms with Crippen LogP contribution in [0.3, 0.4) is 0 Å². The lowest BCUT2D eigenvalue weighted by Crippen LogP contribution is -2.15. The van der Waals surface area contributed by atoms with Gasteiger partial charge in [0, 0.05) is 5.56 Å². The van der Waals surface area contributed by atoms with Crippen molar-refractivity contribution < 1.29 is 23.5 Å². The highest BCUT2D eigenvalue weighted by atomic mass is 19.1. The zero-order chi connectivity index (χ0) is 20.6. The third-order valence-corrected chi connectivity index (χ3v) is 3.70. The van der Waals surface area contributed by atoms with E-state index >= 15 is 0 Å². The fraction of sp³-hybridized carbons (Fsp3) is 0.150. The first kappa shape index (κ1) is 19.9. The number of Topliss-reactive ketones (excluding diaryl/α,β-unsaturated/α-hetero) is 1. The van der Waals surface area contributed by atoms with Crippen LogP contribution in [0.25, 0.3) is 0 Å². The Morgan fingerprint density at radius 2 is 1.86 bits per heavy atom. The summed E-state index contributed by atoms with van der Waals surface area (Å²) in [5.74, 6) is -1.56. The average Bonchev–Trinajstić information content (AvgIpc) is 3.15. The minimum Gasteiger partial charge on any atom is -0.466 e. The second-order valence-electron chi connectivity index (χ2n) is 5.73. The number of nitrogens with zero attached hydrogens (tertiary/aromatic N) is 4. The molecule has 3 aromatic rings. The third-order valence-electron chi connectivity index (χ3n) is 3.70. The Labute approximate surface area is 165 Å². The molecule has 0 atom stereocenters. The van der Waals surface area contributed by atoms with Crippen LogP contribution in [0.2, 0.25) is 0 Å². The van der Waals surface area contributed by atoms with E-state index in [0.29, 0.717) is 11.1 Å². The smallest absolute Gasteiger partial charge is 0.364 e. The number of esters is 1. The number of hydrogen-bond acceptors (Lipinski definition) is 7. The van der Waals surface area contributed by atoms with E-state index in [1.54, 1.807) is 37.3 Å². The molecular formula is C20H17FN4O4. The molecule has 1 heterocycles. The van der Waals surface area contributed by atoms with Crippen molar-refractivity contribution in [2.45, 2.75) is 6.92 Å². The van der Waals surface area contributed by atoms with Crippen molar-refractivity contribution in [2.75, 3.05) is 13.2 Å². The van der Waals surface area contributed by atoms with Gasteiger partial charge in [0.05, 0.1) is 12.8 Å². The average molecular weight is 396 g/mol. The van der Waals surface area contributed by atoms with Gasteiger partial charge in [0.2, 0.25) is 5.69 Å². The number of ketones is 1. The van der Waals surface area contributed by atoms with Crippen LogP contribution in [0.15, 0.2) is 59.7 Å². The van der Waals surface area contributed by atoms with Crippen molar-refractivity contribution in [1.82, 2.24) is 15.1 Å². The fourth-order valence-corrected chi connectivity index (χ4v) is 2.31. The summed E-state index contributed by atoms with van der Waals surface area (Å²) in [5.41, 5.74) is 0.842. The van der Waals surface area contributed by atoms with Crippen LogP contribution in [0.4, 0.5) is 4.39 Å². The second kappa shape index (κ2) is 9.36. The van der Waals surface area contributed by atoms with Crippen LogP contribution in [0.5, 0.6) is 5.88 Å². The predicted molar refractivity (Wildman–Crippen MR) is 102 cm³/mol. The van der Waals surface area contributed by atoms with Crippen LogP contribution >= 0.6 is 0 Å². The molecule has 0 unspecified atom stereocenters. The van der Waals surface area contributed by atoms with Crippen LogP contribution in [-0.4, -0.2) is 46.3 Å². The van der Waals surface area contributed by atoms with Crippen molar-refractivity contribution in [3.8, 4) is 5.88 Å². The van der Waals surface area contributed by atoms with Gasteiger partial charge in [-0.25, -0.2) is 9.18 Å². The Balaban J connectivity index is 1.83. The first-order valence-corrected chi connectivity index (χ1v) is 8.72. The molecule has 0 aliphatic carbocycles. The SMILES string of the molecule is CCOC(=O)c1nnn(/N=C/c2ccc(F)cc2)c1OCC(=O)c1ccccc1. The highest BCUT2D eigenvalue weighted by Crippen LogP contribution is 2.17. The number of halogens is 1. The normalized spacial score (nSPS) is 10.8. The molecule has 2 aromatic carbocycles. The third kappa shape index (κ3) is 5.10. The van der Waals surface area contributed by atoms with Gasteiger partial charge in [0.25, 0.3) is 5.88 Å². The van der Waals surface area contributed by atoms with Crippen LogP contribution in [0, 0.1) is 5.82 Å². The summed E-state index contributed by atoms with van der Waals surface area (Å²) in [7, 11) is 0. The summed E-state index contributed by atoms with van der Waals surface area (Å²) in [6.07, 6.45) is 1.38. The van der Waals surface area contributed by atoms with Gasteiger partial charge >= 0.3 is 5.97 Å². The molecule has 9 heteroatoms. The van der Waals surface area contributed by atoms with Crippen molar-refractivity contribution >= 4 is 18.0 Å². The molecule has 0 saturated carbocycles. The molecule has 148 valence electrons. The molecule has 3 rings (SSSR count). The molecule has 8 nitrogen and oxygen atoms in total. The van der Waals surface area contributed by atoms with E-state index in [1.165, 1.54) is 30.5 Å². The van der Waals surface area contributed by atoms with Gasteiger partial charge in [-0.2, -0.15) is 5.10 Å². The highest BCUT2D eigenvalue weighted by molar-refractivity contribution is 5.97. The summed E-state index contributed by atoms with van der Waals surface area (Å²) < 4.78 is 23.5. The topological polar surface area (TPSA) is 95.7 Å². The molecule has 0 aliphatic heterocycles. The van der Waals surface area contributed by atoms with Gasteiger partial charge in [-0.05, 0) is 29.8 Å². The quantitative estimate of drug-likeness (QED) is 0.330. The number of aromatic nitrogens is 3. The maximum atomic E-state index is 13.0. The van der Waals surface area contributed by atoms with Crippen molar-refractivity contribution in [2.24, 2.45) is 5.10 Å². The predicted octanol–water partition coefficient (Wildman–Crippen LogP) is 2.74. The number of carbonyl (C=O) groups is 2. The number of carbonyl (C=O) groups excluding carboxylic acids is 2. The first-order chi connectivity index (χ1) is 14.1. The van der Waals surface area contributed by atoms with E-state index < -0.39 is 5.97 Å². The molecule has 0 spiro atoms. The van der Waals surface area contributed by atoms with E-state index in [9.17, 15) is 14.0 Å². The van der Waals surface area contributed by atoms with E-state index in [2.05, 4.69) is 15.4 Å². The molecule has 0 radical (unpaired) electrons. The first-order valence-electron chi connectivity index (χ1n) is 8.72. The molecule has 29 heavy (non-hydrogen) atoms. The molecule has 0 bridgehead atoms. The molecular weight excluding hydrogens is 379 g/mol. The molecule has 1 aromatic heterocycles. The minimum atomic E-state index is -0.752. The maximum absolute atomic E-state index is 13.0. The van der Waals surface area contributed by atoms with E-state index in [0.717, 1.165) is 4.79 Å². The van der Waals surface area contributed by atoms with Crippen molar-refractivity contribution in [3.05, 3.63) is 77.2 Å². The lowest BCUT2D eigenvalue weighted by molar-refractivity contribution is 0.0512.